The van der Waals surface area contributed by atoms with Crippen LogP contribution in [0.4, 0.5) is 0 Å². The van der Waals surface area contributed by atoms with Crippen molar-refractivity contribution in [3.8, 4) is 0 Å². The van der Waals surface area contributed by atoms with Crippen molar-refractivity contribution in [2.24, 2.45) is 0 Å². The van der Waals surface area contributed by atoms with E-state index in [1.165, 1.54) is 0 Å². The highest BCUT2D eigenvalue weighted by molar-refractivity contribution is 6.28. The normalized spacial score (nSPS) is 21.6. The lowest BCUT2D eigenvalue weighted by molar-refractivity contribution is -0.122. The number of carbonyl (C=O) groups is 1. The molecule has 2 N–H and O–H groups in total. The molecule has 0 aliphatic carbocycles. The predicted molar refractivity (Wildman–Crippen MR) is 79.7 cm³/mol. The zero-order valence-electron chi connectivity index (χ0n) is 12.5. The molecule has 5 nitrogen and oxygen atoms in total. The van der Waals surface area contributed by atoms with Gasteiger partial charge in [-0.05, 0) is 52.1 Å². The van der Waals surface area contributed by atoms with Crippen LogP contribution in [0.25, 0.3) is 0 Å². The molecule has 0 saturated carbocycles. The third-order valence-corrected chi connectivity index (χ3v) is 3.85. The Labute approximate surface area is 125 Å². The SMILES string of the molecule is CC1(C)CC(NC(=O)Cn2ccnc2Cl)CC(C)(C)N1. The molecule has 20 heavy (non-hydrogen) atoms. The molecule has 1 fully saturated rings. The van der Waals surface area contributed by atoms with Gasteiger partial charge in [0.2, 0.25) is 11.2 Å². The Balaban J connectivity index is 1.95. The number of aromatic nitrogens is 2. The first-order chi connectivity index (χ1) is 9.17. The van der Waals surface area contributed by atoms with Crippen molar-refractivity contribution in [2.45, 2.75) is 64.2 Å². The van der Waals surface area contributed by atoms with E-state index in [9.17, 15) is 4.79 Å². The molecule has 1 aliphatic rings. The minimum Gasteiger partial charge on any atom is -0.352 e. The quantitative estimate of drug-likeness (QED) is 0.897. The zero-order chi connectivity index (χ0) is 15.0. The van der Waals surface area contributed by atoms with E-state index in [0.29, 0.717) is 5.28 Å². The third-order valence-electron chi connectivity index (χ3n) is 3.53. The molecule has 0 spiro atoms. The molecule has 1 saturated heterocycles. The molecule has 1 aromatic rings. The fourth-order valence-corrected chi connectivity index (χ4v) is 3.45. The van der Waals surface area contributed by atoms with E-state index >= 15 is 0 Å². The van der Waals surface area contributed by atoms with Gasteiger partial charge >= 0.3 is 0 Å². The average molecular weight is 299 g/mol. The van der Waals surface area contributed by atoms with Crippen molar-refractivity contribution in [2.75, 3.05) is 0 Å². The molecule has 1 amide bonds. The second-order valence-corrected chi connectivity index (χ2v) is 7.23. The maximum absolute atomic E-state index is 12.1. The number of hydrogen-bond acceptors (Lipinski definition) is 3. The van der Waals surface area contributed by atoms with E-state index in [1.807, 2.05) is 0 Å². The van der Waals surface area contributed by atoms with E-state index in [4.69, 9.17) is 11.6 Å². The van der Waals surface area contributed by atoms with Crippen LogP contribution in [0, 0.1) is 0 Å². The molecule has 2 heterocycles. The minimum absolute atomic E-state index is 0.0202. The number of rotatable bonds is 3. The summed E-state index contributed by atoms with van der Waals surface area (Å²) in [4.78, 5) is 16.0. The van der Waals surface area contributed by atoms with Crippen molar-refractivity contribution in [1.29, 1.82) is 0 Å². The number of nitrogens with one attached hydrogen (secondary N) is 2. The Morgan fingerprint density at radius 2 is 2.05 bits per heavy atom. The Morgan fingerprint density at radius 3 is 2.55 bits per heavy atom. The highest BCUT2D eigenvalue weighted by atomic mass is 35.5. The lowest BCUT2D eigenvalue weighted by atomic mass is 9.79. The van der Waals surface area contributed by atoms with E-state index in [0.717, 1.165) is 12.8 Å². The fraction of sp³-hybridized carbons (Fsp3) is 0.714. The molecule has 0 aromatic carbocycles. The standard InChI is InChI=1S/C14H23ClN4O/c1-13(2)7-10(8-14(3,4)18-13)17-11(20)9-19-6-5-16-12(19)15/h5-6,10,18H,7-9H2,1-4H3,(H,17,20). The fourth-order valence-electron chi connectivity index (χ4n) is 3.28. The Hall–Kier alpha value is -1.07. The van der Waals surface area contributed by atoms with Crippen LogP contribution in [0.3, 0.4) is 0 Å². The van der Waals surface area contributed by atoms with Crippen molar-refractivity contribution in [3.05, 3.63) is 17.7 Å². The van der Waals surface area contributed by atoms with Gasteiger partial charge in [-0.2, -0.15) is 0 Å². The van der Waals surface area contributed by atoms with Crippen LogP contribution in [0.5, 0.6) is 0 Å². The van der Waals surface area contributed by atoms with Gasteiger partial charge in [0.1, 0.15) is 6.54 Å². The van der Waals surface area contributed by atoms with Gasteiger partial charge in [-0.25, -0.2) is 4.98 Å². The topological polar surface area (TPSA) is 59.0 Å². The second-order valence-electron chi connectivity index (χ2n) is 6.89. The molecular formula is C14H23ClN4O. The monoisotopic (exact) mass is 298 g/mol. The van der Waals surface area contributed by atoms with Crippen LogP contribution in [-0.2, 0) is 11.3 Å². The Bertz CT molecular complexity index is 479. The molecule has 1 aliphatic heterocycles. The first kappa shape index (κ1) is 15.3. The van der Waals surface area contributed by atoms with E-state index in [1.54, 1.807) is 17.0 Å². The number of halogens is 1. The minimum atomic E-state index is -0.0246. The van der Waals surface area contributed by atoms with Crippen LogP contribution in [0.2, 0.25) is 5.28 Å². The number of hydrogen-bond donors (Lipinski definition) is 2. The summed E-state index contributed by atoms with van der Waals surface area (Å²) < 4.78 is 1.63. The first-order valence-electron chi connectivity index (χ1n) is 6.92. The maximum Gasteiger partial charge on any atom is 0.240 e. The average Bonchev–Trinajstić information content (AvgIpc) is 2.58. The zero-order valence-corrected chi connectivity index (χ0v) is 13.3. The molecule has 112 valence electrons. The summed E-state index contributed by atoms with van der Waals surface area (Å²) in [5, 5.41) is 7.05. The molecule has 0 unspecified atom stereocenters. The van der Waals surface area contributed by atoms with Gasteiger partial charge in [0, 0.05) is 29.5 Å². The van der Waals surface area contributed by atoms with Gasteiger partial charge in [-0.15, -0.1) is 0 Å². The molecule has 0 radical (unpaired) electrons. The van der Waals surface area contributed by atoms with E-state index < -0.39 is 0 Å². The van der Waals surface area contributed by atoms with Crippen molar-refractivity contribution in [3.63, 3.8) is 0 Å². The number of imidazole rings is 1. The van der Waals surface area contributed by atoms with Gasteiger partial charge < -0.3 is 15.2 Å². The van der Waals surface area contributed by atoms with Crippen LogP contribution < -0.4 is 10.6 Å². The first-order valence-corrected chi connectivity index (χ1v) is 7.30. The molecule has 0 atom stereocenters. The van der Waals surface area contributed by atoms with Gasteiger partial charge in [-0.3, -0.25) is 4.79 Å². The van der Waals surface area contributed by atoms with Gasteiger partial charge in [0.25, 0.3) is 0 Å². The molecule has 6 heteroatoms. The van der Waals surface area contributed by atoms with Crippen molar-refractivity contribution >= 4 is 17.5 Å². The van der Waals surface area contributed by atoms with Gasteiger partial charge in [0.15, 0.2) is 0 Å². The smallest absolute Gasteiger partial charge is 0.240 e. The number of carbonyl (C=O) groups excluding carboxylic acids is 1. The summed E-state index contributed by atoms with van der Waals surface area (Å²) in [6.07, 6.45) is 5.13. The molecule has 2 rings (SSSR count). The molecular weight excluding hydrogens is 276 g/mol. The van der Waals surface area contributed by atoms with E-state index in [2.05, 4.69) is 43.3 Å². The van der Waals surface area contributed by atoms with Gasteiger partial charge in [-0.1, -0.05) is 0 Å². The lowest BCUT2D eigenvalue weighted by Gasteiger charge is -2.46. The summed E-state index contributed by atoms with van der Waals surface area (Å²) in [5.74, 6) is -0.0246. The maximum atomic E-state index is 12.1. The van der Waals surface area contributed by atoms with E-state index in [-0.39, 0.29) is 29.6 Å². The lowest BCUT2D eigenvalue weighted by Crippen LogP contribution is -2.62. The largest absolute Gasteiger partial charge is 0.352 e. The summed E-state index contributed by atoms with van der Waals surface area (Å²) in [7, 11) is 0. The molecule has 1 aromatic heterocycles. The number of nitrogens with zero attached hydrogens (tertiary/aromatic N) is 2. The van der Waals surface area contributed by atoms with Crippen LogP contribution in [0.1, 0.15) is 40.5 Å². The third kappa shape index (κ3) is 3.96. The number of piperidine rings is 1. The van der Waals surface area contributed by atoms with Crippen LogP contribution in [0.15, 0.2) is 12.4 Å². The van der Waals surface area contributed by atoms with Gasteiger partial charge in [0.05, 0.1) is 0 Å². The van der Waals surface area contributed by atoms with Crippen molar-refractivity contribution < 1.29 is 4.79 Å². The highest BCUT2D eigenvalue weighted by Gasteiger charge is 2.38. The van der Waals surface area contributed by atoms with Crippen LogP contribution >= 0.6 is 11.6 Å². The van der Waals surface area contributed by atoms with Crippen LogP contribution in [-0.4, -0.2) is 32.6 Å². The summed E-state index contributed by atoms with van der Waals surface area (Å²) in [6.45, 7) is 8.88. The van der Waals surface area contributed by atoms with Crippen molar-refractivity contribution in [1.82, 2.24) is 20.2 Å². The molecule has 0 bridgehead atoms. The Kier molecular flexibility index (Phi) is 4.12. The second kappa shape index (κ2) is 5.37. The number of amides is 1. The predicted octanol–water partition coefficient (Wildman–Crippen LogP) is 1.96. The highest BCUT2D eigenvalue weighted by Crippen LogP contribution is 2.28. The Morgan fingerprint density at radius 1 is 1.45 bits per heavy atom. The summed E-state index contributed by atoms with van der Waals surface area (Å²) >= 11 is 5.88. The summed E-state index contributed by atoms with van der Waals surface area (Å²) in [6, 6.07) is 0.177. The summed E-state index contributed by atoms with van der Waals surface area (Å²) in [5.41, 5.74) is 0.0404.